The first kappa shape index (κ1) is 16.6. The summed E-state index contributed by atoms with van der Waals surface area (Å²) >= 11 is 0. The van der Waals surface area contributed by atoms with Crippen LogP contribution in [0.5, 0.6) is 0 Å². The van der Waals surface area contributed by atoms with Crippen molar-refractivity contribution in [2.75, 3.05) is 11.9 Å². The molecule has 0 radical (unpaired) electrons. The molecule has 0 unspecified atom stereocenters. The zero-order valence-corrected chi connectivity index (χ0v) is 11.7. The molecule has 0 fully saturated rings. The second kappa shape index (κ2) is 8.01. The van der Waals surface area contributed by atoms with E-state index in [9.17, 15) is 14.4 Å². The van der Waals surface area contributed by atoms with Crippen LogP contribution < -0.4 is 22.5 Å². The van der Waals surface area contributed by atoms with Crippen molar-refractivity contribution >= 4 is 23.4 Å². The number of unbranched alkanes of at least 4 members (excludes halogenated alkanes) is 2. The molecule has 0 aromatic heterocycles. The lowest BCUT2D eigenvalue weighted by Gasteiger charge is -2.08. The maximum absolute atomic E-state index is 11.8. The lowest BCUT2D eigenvalue weighted by Crippen LogP contribution is -2.18. The number of hydrogen-bond acceptors (Lipinski definition) is 4. The number of primary amides is 2. The molecule has 0 heterocycles. The first-order chi connectivity index (χ1) is 9.93. The van der Waals surface area contributed by atoms with E-state index in [0.717, 1.165) is 19.3 Å². The SMILES string of the molecule is NCCCCCC(=O)Nc1cc(C(N)=O)cc(C(N)=O)c1. The van der Waals surface area contributed by atoms with E-state index in [-0.39, 0.29) is 17.0 Å². The Morgan fingerprint density at radius 1 is 0.905 bits per heavy atom. The van der Waals surface area contributed by atoms with Gasteiger partial charge in [0.2, 0.25) is 17.7 Å². The number of carbonyl (C=O) groups is 3. The average Bonchev–Trinajstić information content (AvgIpc) is 2.43. The number of amides is 3. The number of anilines is 1. The van der Waals surface area contributed by atoms with Crippen LogP contribution in [-0.4, -0.2) is 24.3 Å². The molecule has 7 nitrogen and oxygen atoms in total. The summed E-state index contributed by atoms with van der Waals surface area (Å²) in [6, 6.07) is 4.11. The molecule has 7 heteroatoms. The van der Waals surface area contributed by atoms with Crippen molar-refractivity contribution in [3.05, 3.63) is 29.3 Å². The Hall–Kier alpha value is -2.41. The minimum Gasteiger partial charge on any atom is -0.366 e. The molecular weight excluding hydrogens is 272 g/mol. The molecule has 0 spiro atoms. The largest absolute Gasteiger partial charge is 0.366 e. The molecule has 0 atom stereocenters. The highest BCUT2D eigenvalue weighted by Gasteiger charge is 2.10. The van der Waals surface area contributed by atoms with Gasteiger partial charge < -0.3 is 22.5 Å². The van der Waals surface area contributed by atoms with Crippen LogP contribution in [0.2, 0.25) is 0 Å². The van der Waals surface area contributed by atoms with Crippen molar-refractivity contribution in [3.8, 4) is 0 Å². The van der Waals surface area contributed by atoms with Crippen LogP contribution in [0.15, 0.2) is 18.2 Å². The van der Waals surface area contributed by atoms with Gasteiger partial charge in [0.15, 0.2) is 0 Å². The van der Waals surface area contributed by atoms with Crippen molar-refractivity contribution in [1.82, 2.24) is 0 Å². The second-order valence-corrected chi connectivity index (χ2v) is 4.68. The van der Waals surface area contributed by atoms with E-state index in [4.69, 9.17) is 17.2 Å². The van der Waals surface area contributed by atoms with Crippen LogP contribution in [0.3, 0.4) is 0 Å². The van der Waals surface area contributed by atoms with Crippen LogP contribution >= 0.6 is 0 Å². The van der Waals surface area contributed by atoms with Crippen molar-refractivity contribution in [1.29, 1.82) is 0 Å². The van der Waals surface area contributed by atoms with Gasteiger partial charge >= 0.3 is 0 Å². The Morgan fingerprint density at radius 2 is 1.48 bits per heavy atom. The summed E-state index contributed by atoms with van der Waals surface area (Å²) in [6.45, 7) is 0.601. The molecule has 21 heavy (non-hydrogen) atoms. The summed E-state index contributed by atoms with van der Waals surface area (Å²) in [5, 5.41) is 2.62. The summed E-state index contributed by atoms with van der Waals surface area (Å²) in [5.74, 6) is -1.60. The zero-order chi connectivity index (χ0) is 15.8. The summed E-state index contributed by atoms with van der Waals surface area (Å²) in [5.41, 5.74) is 16.3. The van der Waals surface area contributed by atoms with Gasteiger partial charge in [-0.15, -0.1) is 0 Å². The minimum absolute atomic E-state index is 0.115. The van der Waals surface area contributed by atoms with Crippen LogP contribution in [0.25, 0.3) is 0 Å². The highest BCUT2D eigenvalue weighted by atomic mass is 16.2. The van der Waals surface area contributed by atoms with Gasteiger partial charge in [-0.2, -0.15) is 0 Å². The standard InChI is InChI=1S/C14H20N4O3/c15-5-3-1-2-4-12(19)18-11-7-9(13(16)20)6-10(8-11)14(17)21/h6-8H,1-5,15H2,(H2,16,20)(H2,17,21)(H,18,19). The third-order valence-electron chi connectivity index (χ3n) is 2.89. The topological polar surface area (TPSA) is 141 Å². The third-order valence-corrected chi connectivity index (χ3v) is 2.89. The number of rotatable bonds is 8. The summed E-state index contributed by atoms with van der Waals surface area (Å²) in [4.78, 5) is 34.2. The number of carbonyl (C=O) groups excluding carboxylic acids is 3. The number of hydrogen-bond donors (Lipinski definition) is 4. The second-order valence-electron chi connectivity index (χ2n) is 4.68. The van der Waals surface area contributed by atoms with E-state index in [0.29, 0.717) is 18.7 Å². The Morgan fingerprint density at radius 3 is 1.95 bits per heavy atom. The number of nitrogens with one attached hydrogen (secondary N) is 1. The van der Waals surface area contributed by atoms with Gasteiger partial charge in [0, 0.05) is 23.2 Å². The monoisotopic (exact) mass is 292 g/mol. The fraction of sp³-hybridized carbons (Fsp3) is 0.357. The molecule has 3 amide bonds. The van der Waals surface area contributed by atoms with E-state index in [1.54, 1.807) is 0 Å². The van der Waals surface area contributed by atoms with Gasteiger partial charge in [-0.25, -0.2) is 0 Å². The molecule has 114 valence electrons. The quantitative estimate of drug-likeness (QED) is 0.512. The smallest absolute Gasteiger partial charge is 0.248 e. The Kier molecular flexibility index (Phi) is 6.35. The summed E-state index contributed by atoms with van der Waals surface area (Å²) < 4.78 is 0. The molecule has 0 aliphatic heterocycles. The molecular formula is C14H20N4O3. The molecule has 0 aliphatic carbocycles. The van der Waals surface area contributed by atoms with Gasteiger partial charge in [0.05, 0.1) is 0 Å². The first-order valence-electron chi connectivity index (χ1n) is 6.68. The highest BCUT2D eigenvalue weighted by molar-refractivity contribution is 6.01. The molecule has 0 bridgehead atoms. The van der Waals surface area contributed by atoms with E-state index < -0.39 is 11.8 Å². The molecule has 1 aromatic rings. The third kappa shape index (κ3) is 5.62. The summed E-state index contributed by atoms with van der Waals surface area (Å²) in [6.07, 6.45) is 2.81. The highest BCUT2D eigenvalue weighted by Crippen LogP contribution is 2.15. The maximum atomic E-state index is 11.8. The lowest BCUT2D eigenvalue weighted by atomic mass is 10.1. The van der Waals surface area contributed by atoms with Crippen molar-refractivity contribution in [2.45, 2.75) is 25.7 Å². The van der Waals surface area contributed by atoms with Gasteiger partial charge in [0.25, 0.3) is 0 Å². The van der Waals surface area contributed by atoms with Gasteiger partial charge in [-0.05, 0) is 37.6 Å². The molecule has 0 aliphatic rings. The maximum Gasteiger partial charge on any atom is 0.248 e. The summed E-state index contributed by atoms with van der Waals surface area (Å²) in [7, 11) is 0. The Bertz CT molecular complexity index is 511. The van der Waals surface area contributed by atoms with Gasteiger partial charge in [-0.1, -0.05) is 6.42 Å². The minimum atomic E-state index is -0.698. The average molecular weight is 292 g/mol. The van der Waals surface area contributed by atoms with Crippen molar-refractivity contribution < 1.29 is 14.4 Å². The van der Waals surface area contributed by atoms with E-state index in [1.807, 2.05) is 0 Å². The van der Waals surface area contributed by atoms with Crippen LogP contribution in [0, 0.1) is 0 Å². The molecule has 1 aromatic carbocycles. The number of benzene rings is 1. The van der Waals surface area contributed by atoms with E-state index in [1.165, 1.54) is 18.2 Å². The lowest BCUT2D eigenvalue weighted by molar-refractivity contribution is -0.116. The Balaban J connectivity index is 2.75. The predicted octanol–water partition coefficient (Wildman–Crippen LogP) is 0.342. The van der Waals surface area contributed by atoms with Gasteiger partial charge in [0.1, 0.15) is 0 Å². The van der Waals surface area contributed by atoms with Crippen LogP contribution in [0.1, 0.15) is 46.4 Å². The molecule has 0 saturated carbocycles. The van der Waals surface area contributed by atoms with Crippen molar-refractivity contribution in [3.63, 3.8) is 0 Å². The van der Waals surface area contributed by atoms with Crippen LogP contribution in [-0.2, 0) is 4.79 Å². The fourth-order valence-electron chi connectivity index (χ4n) is 1.81. The van der Waals surface area contributed by atoms with E-state index >= 15 is 0 Å². The Labute approximate surface area is 122 Å². The van der Waals surface area contributed by atoms with Gasteiger partial charge in [-0.3, -0.25) is 14.4 Å². The molecule has 0 saturated heterocycles. The first-order valence-corrected chi connectivity index (χ1v) is 6.68. The van der Waals surface area contributed by atoms with E-state index in [2.05, 4.69) is 5.32 Å². The normalized spacial score (nSPS) is 10.1. The van der Waals surface area contributed by atoms with Crippen LogP contribution in [0.4, 0.5) is 5.69 Å². The van der Waals surface area contributed by atoms with Crippen molar-refractivity contribution in [2.24, 2.45) is 17.2 Å². The zero-order valence-electron chi connectivity index (χ0n) is 11.7. The molecule has 7 N–H and O–H groups in total. The predicted molar refractivity (Wildman–Crippen MR) is 79.6 cm³/mol. The number of nitrogens with two attached hydrogens (primary N) is 3. The molecule has 1 rings (SSSR count). The fourth-order valence-corrected chi connectivity index (χ4v) is 1.81.